The Labute approximate surface area is 118 Å². The van der Waals surface area contributed by atoms with Crippen molar-refractivity contribution in [1.29, 1.82) is 0 Å². The molecule has 0 aromatic heterocycles. The van der Waals surface area contributed by atoms with E-state index in [4.69, 9.17) is 0 Å². The first-order valence-corrected chi connectivity index (χ1v) is 6.71. The van der Waals surface area contributed by atoms with Crippen LogP contribution in [-0.2, 0) is 4.79 Å². The second-order valence-corrected chi connectivity index (χ2v) is 5.14. The first-order valence-electron chi connectivity index (χ1n) is 6.71. The average Bonchev–Trinajstić information content (AvgIpc) is 2.39. The quantitative estimate of drug-likeness (QED) is 0.837. The number of hydrogen-bond donors (Lipinski definition) is 2. The summed E-state index contributed by atoms with van der Waals surface area (Å²) in [6, 6.07) is 4.66. The Morgan fingerprint density at radius 2 is 1.95 bits per heavy atom. The maximum atomic E-state index is 13.7. The summed E-state index contributed by atoms with van der Waals surface area (Å²) in [6.45, 7) is 6.41. The molecule has 0 spiro atoms. The van der Waals surface area contributed by atoms with Gasteiger partial charge in [0, 0.05) is 19.5 Å². The Bertz CT molecular complexity index is 487. The van der Waals surface area contributed by atoms with Gasteiger partial charge in [-0.25, -0.2) is 4.39 Å². The normalized spacial score (nSPS) is 10.4. The summed E-state index contributed by atoms with van der Waals surface area (Å²) in [5, 5.41) is 5.30. The van der Waals surface area contributed by atoms with Gasteiger partial charge in [0.2, 0.25) is 5.91 Å². The highest BCUT2D eigenvalue weighted by Crippen LogP contribution is 2.11. The zero-order valence-corrected chi connectivity index (χ0v) is 12.1. The van der Waals surface area contributed by atoms with Crippen LogP contribution in [0.1, 0.15) is 36.2 Å². The Morgan fingerprint density at radius 1 is 1.25 bits per heavy atom. The van der Waals surface area contributed by atoms with E-state index in [0.717, 1.165) is 0 Å². The number of rotatable bonds is 6. The summed E-state index contributed by atoms with van der Waals surface area (Å²) < 4.78 is 13.7. The second kappa shape index (κ2) is 7.62. The molecule has 0 aliphatic carbocycles. The van der Waals surface area contributed by atoms with E-state index in [9.17, 15) is 14.0 Å². The first kappa shape index (κ1) is 16.1. The lowest BCUT2D eigenvalue weighted by atomic mass is 10.1. The largest absolute Gasteiger partial charge is 0.356 e. The third-order valence-corrected chi connectivity index (χ3v) is 2.78. The van der Waals surface area contributed by atoms with Crippen LogP contribution in [0.3, 0.4) is 0 Å². The molecule has 2 N–H and O–H groups in total. The molecule has 0 aliphatic rings. The van der Waals surface area contributed by atoms with E-state index in [1.807, 2.05) is 13.8 Å². The van der Waals surface area contributed by atoms with Crippen molar-refractivity contribution < 1.29 is 14.0 Å². The van der Waals surface area contributed by atoms with Crippen molar-refractivity contribution in [1.82, 2.24) is 10.6 Å². The van der Waals surface area contributed by atoms with Gasteiger partial charge in [0.15, 0.2) is 0 Å². The van der Waals surface area contributed by atoms with Crippen LogP contribution in [0.15, 0.2) is 18.2 Å². The molecule has 0 heterocycles. The number of halogens is 1. The summed E-state index contributed by atoms with van der Waals surface area (Å²) >= 11 is 0. The summed E-state index contributed by atoms with van der Waals surface area (Å²) in [6.07, 6.45) is 0.186. The summed E-state index contributed by atoms with van der Waals surface area (Å²) in [4.78, 5) is 23.2. The highest BCUT2D eigenvalue weighted by molar-refractivity contribution is 5.94. The van der Waals surface area contributed by atoms with Crippen LogP contribution in [0.25, 0.3) is 0 Å². The number of amides is 2. The molecule has 0 saturated carbocycles. The van der Waals surface area contributed by atoms with Gasteiger partial charge in [0.05, 0.1) is 5.56 Å². The van der Waals surface area contributed by atoms with Gasteiger partial charge in [0.25, 0.3) is 5.91 Å². The van der Waals surface area contributed by atoms with Crippen LogP contribution in [0.4, 0.5) is 4.39 Å². The van der Waals surface area contributed by atoms with Gasteiger partial charge >= 0.3 is 0 Å². The molecule has 4 nitrogen and oxygen atoms in total. The van der Waals surface area contributed by atoms with E-state index in [2.05, 4.69) is 10.6 Å². The van der Waals surface area contributed by atoms with E-state index < -0.39 is 11.7 Å². The summed E-state index contributed by atoms with van der Waals surface area (Å²) in [5.74, 6) is -0.754. The van der Waals surface area contributed by atoms with Gasteiger partial charge in [-0.2, -0.15) is 0 Å². The number of benzene rings is 1. The second-order valence-electron chi connectivity index (χ2n) is 5.14. The van der Waals surface area contributed by atoms with Crippen LogP contribution < -0.4 is 10.6 Å². The molecule has 0 fully saturated rings. The molecule has 2 amide bonds. The van der Waals surface area contributed by atoms with Crippen molar-refractivity contribution in [2.24, 2.45) is 5.92 Å². The van der Waals surface area contributed by atoms with Crippen LogP contribution in [0.2, 0.25) is 0 Å². The zero-order chi connectivity index (χ0) is 15.1. The molecule has 1 rings (SSSR count). The van der Waals surface area contributed by atoms with Crippen LogP contribution in [0, 0.1) is 18.7 Å². The number of nitrogens with one attached hydrogen (secondary N) is 2. The van der Waals surface area contributed by atoms with E-state index >= 15 is 0 Å². The Morgan fingerprint density at radius 3 is 2.60 bits per heavy atom. The lowest BCUT2D eigenvalue weighted by Crippen LogP contribution is -2.32. The fourth-order valence-corrected chi connectivity index (χ4v) is 1.61. The van der Waals surface area contributed by atoms with Crippen LogP contribution in [0.5, 0.6) is 0 Å². The van der Waals surface area contributed by atoms with Crippen molar-refractivity contribution in [2.75, 3.05) is 13.1 Å². The van der Waals surface area contributed by atoms with Crippen molar-refractivity contribution in [3.63, 3.8) is 0 Å². The topological polar surface area (TPSA) is 58.2 Å². The van der Waals surface area contributed by atoms with Gasteiger partial charge in [-0.1, -0.05) is 26.0 Å². The average molecular weight is 280 g/mol. The van der Waals surface area contributed by atoms with Gasteiger partial charge in [-0.15, -0.1) is 0 Å². The highest BCUT2D eigenvalue weighted by Gasteiger charge is 2.13. The molecule has 0 radical (unpaired) electrons. The van der Waals surface area contributed by atoms with Gasteiger partial charge < -0.3 is 10.6 Å². The minimum atomic E-state index is -0.519. The van der Waals surface area contributed by atoms with Crippen molar-refractivity contribution >= 4 is 11.8 Å². The molecule has 110 valence electrons. The maximum Gasteiger partial charge on any atom is 0.254 e. The smallest absolute Gasteiger partial charge is 0.254 e. The molecular formula is C15H21FN2O2. The fraction of sp³-hybridized carbons (Fsp3) is 0.467. The SMILES string of the molecule is Cc1cccc(C(=O)NCCC(=O)NCC(C)C)c1F. The molecular weight excluding hydrogens is 259 g/mol. The third-order valence-electron chi connectivity index (χ3n) is 2.78. The van der Waals surface area contributed by atoms with Gasteiger partial charge in [0.1, 0.15) is 5.82 Å². The maximum absolute atomic E-state index is 13.7. The van der Waals surface area contributed by atoms with Gasteiger partial charge in [-0.3, -0.25) is 9.59 Å². The van der Waals surface area contributed by atoms with E-state index in [0.29, 0.717) is 18.0 Å². The van der Waals surface area contributed by atoms with Crippen molar-refractivity contribution in [3.05, 3.63) is 35.1 Å². The van der Waals surface area contributed by atoms with E-state index in [1.165, 1.54) is 6.07 Å². The third kappa shape index (κ3) is 4.99. The number of carbonyl (C=O) groups is 2. The number of hydrogen-bond acceptors (Lipinski definition) is 2. The van der Waals surface area contributed by atoms with E-state index in [-0.39, 0.29) is 24.4 Å². The standard InChI is InChI=1S/C15H21FN2O2/c1-10(2)9-18-13(19)7-8-17-15(20)12-6-4-5-11(3)14(12)16/h4-6,10H,7-9H2,1-3H3,(H,17,20)(H,18,19). The molecule has 1 aromatic carbocycles. The lowest BCUT2D eigenvalue weighted by molar-refractivity contribution is -0.121. The number of aryl methyl sites for hydroxylation is 1. The molecule has 0 saturated heterocycles. The Hall–Kier alpha value is -1.91. The van der Waals surface area contributed by atoms with Crippen molar-refractivity contribution in [2.45, 2.75) is 27.2 Å². The zero-order valence-electron chi connectivity index (χ0n) is 12.1. The highest BCUT2D eigenvalue weighted by atomic mass is 19.1. The summed E-state index contributed by atoms with van der Waals surface area (Å²) in [7, 11) is 0. The Balaban J connectivity index is 2.40. The predicted octanol–water partition coefficient (Wildman–Crippen LogP) is 2.03. The molecule has 0 unspecified atom stereocenters. The number of carbonyl (C=O) groups excluding carboxylic acids is 2. The monoisotopic (exact) mass is 280 g/mol. The molecule has 0 aliphatic heterocycles. The predicted molar refractivity (Wildman–Crippen MR) is 75.9 cm³/mol. The van der Waals surface area contributed by atoms with Gasteiger partial charge in [-0.05, 0) is 24.5 Å². The van der Waals surface area contributed by atoms with Crippen molar-refractivity contribution in [3.8, 4) is 0 Å². The molecule has 0 bridgehead atoms. The van der Waals surface area contributed by atoms with Crippen LogP contribution in [-0.4, -0.2) is 24.9 Å². The van der Waals surface area contributed by atoms with Crippen LogP contribution >= 0.6 is 0 Å². The minimum absolute atomic E-state index is 0.00703. The summed E-state index contributed by atoms with van der Waals surface area (Å²) in [5.41, 5.74) is 0.430. The molecule has 0 atom stereocenters. The lowest BCUT2D eigenvalue weighted by Gasteiger charge is -2.09. The first-order chi connectivity index (χ1) is 9.41. The molecule has 5 heteroatoms. The van der Waals surface area contributed by atoms with E-state index in [1.54, 1.807) is 19.1 Å². The fourth-order valence-electron chi connectivity index (χ4n) is 1.61. The molecule has 1 aromatic rings. The minimum Gasteiger partial charge on any atom is -0.356 e. The Kier molecular flexibility index (Phi) is 6.15. The molecule has 20 heavy (non-hydrogen) atoms.